The van der Waals surface area contributed by atoms with Gasteiger partial charge in [0.15, 0.2) is 5.76 Å². The van der Waals surface area contributed by atoms with Crippen LogP contribution in [0.15, 0.2) is 33.9 Å². The number of carbonyl (C=O) groups is 1. The maximum absolute atomic E-state index is 12.8. The normalized spacial score (nSPS) is 19.0. The zero-order valence-corrected chi connectivity index (χ0v) is 14.9. The number of aromatic amines is 1. The van der Waals surface area contributed by atoms with Crippen LogP contribution in [0, 0.1) is 5.92 Å². The summed E-state index contributed by atoms with van der Waals surface area (Å²) in [6, 6.07) is 4.73. The third kappa shape index (κ3) is 3.77. The summed E-state index contributed by atoms with van der Waals surface area (Å²) in [6.07, 6.45) is 3.76. The van der Waals surface area contributed by atoms with E-state index in [2.05, 4.69) is 15.5 Å². The zero-order valence-electron chi connectivity index (χ0n) is 14.1. The van der Waals surface area contributed by atoms with Crippen molar-refractivity contribution in [2.45, 2.75) is 31.3 Å². The Hall–Kier alpha value is -2.13. The molecular weight excluding hydrogens is 344 g/mol. The first-order valence-corrected chi connectivity index (χ1v) is 9.84. The first kappa shape index (κ1) is 17.7. The molecule has 8 nitrogen and oxygen atoms in total. The van der Waals surface area contributed by atoms with Crippen LogP contribution < -0.4 is 5.32 Å². The van der Waals surface area contributed by atoms with Gasteiger partial charge in [0.1, 0.15) is 5.69 Å². The van der Waals surface area contributed by atoms with E-state index in [4.69, 9.17) is 4.42 Å². The van der Waals surface area contributed by atoms with Gasteiger partial charge in [-0.05, 0) is 37.5 Å². The number of aromatic nitrogens is 2. The lowest BCUT2D eigenvalue weighted by atomic mass is 9.99. The molecule has 1 unspecified atom stereocenters. The second-order valence-corrected chi connectivity index (χ2v) is 7.95. The molecule has 2 N–H and O–H groups in total. The summed E-state index contributed by atoms with van der Waals surface area (Å²) >= 11 is 0. The highest BCUT2D eigenvalue weighted by Crippen LogP contribution is 2.28. The molecule has 3 rings (SSSR count). The first-order chi connectivity index (χ1) is 12.0. The Morgan fingerprint density at radius 3 is 3.00 bits per heavy atom. The molecule has 1 atom stereocenters. The van der Waals surface area contributed by atoms with Gasteiger partial charge in [0, 0.05) is 25.8 Å². The van der Waals surface area contributed by atoms with Crippen LogP contribution in [0.5, 0.6) is 0 Å². The number of amides is 1. The minimum Gasteiger partial charge on any atom is -0.442 e. The van der Waals surface area contributed by atoms with Gasteiger partial charge in [-0.15, -0.1) is 0 Å². The van der Waals surface area contributed by atoms with Crippen LogP contribution in [0.3, 0.4) is 0 Å². The van der Waals surface area contributed by atoms with Crippen LogP contribution in [-0.4, -0.2) is 48.5 Å². The van der Waals surface area contributed by atoms with Gasteiger partial charge in [-0.2, -0.15) is 9.40 Å². The van der Waals surface area contributed by atoms with Crippen molar-refractivity contribution >= 4 is 15.9 Å². The predicted molar refractivity (Wildman–Crippen MR) is 91.1 cm³/mol. The van der Waals surface area contributed by atoms with E-state index in [0.717, 1.165) is 6.42 Å². The fourth-order valence-electron chi connectivity index (χ4n) is 2.89. The number of furan rings is 1. The largest absolute Gasteiger partial charge is 0.442 e. The van der Waals surface area contributed by atoms with Crippen LogP contribution in [-0.2, 0) is 14.8 Å². The van der Waals surface area contributed by atoms with Crippen molar-refractivity contribution in [3.05, 3.63) is 24.4 Å². The molecule has 9 heteroatoms. The molecule has 0 radical (unpaired) electrons. The molecule has 0 saturated carbocycles. The minimum atomic E-state index is -3.77. The van der Waals surface area contributed by atoms with Gasteiger partial charge in [0.25, 0.3) is 10.0 Å². The number of sulfonamides is 1. The van der Waals surface area contributed by atoms with E-state index in [1.165, 1.54) is 10.4 Å². The second kappa shape index (κ2) is 7.40. The van der Waals surface area contributed by atoms with Crippen molar-refractivity contribution in [1.82, 2.24) is 19.8 Å². The third-order valence-electron chi connectivity index (χ3n) is 4.25. The summed E-state index contributed by atoms with van der Waals surface area (Å²) in [4.78, 5) is 12.2. The minimum absolute atomic E-state index is 0.0839. The highest BCUT2D eigenvalue weighted by molar-refractivity contribution is 7.89. The fraction of sp³-hybridized carbons (Fsp3) is 0.500. The third-order valence-corrected chi connectivity index (χ3v) is 5.99. The molecule has 1 saturated heterocycles. The Labute approximate surface area is 146 Å². The summed E-state index contributed by atoms with van der Waals surface area (Å²) < 4.78 is 32.5. The maximum atomic E-state index is 12.8. The Kier molecular flexibility index (Phi) is 5.24. The number of nitrogens with zero attached hydrogens (tertiary/aromatic N) is 2. The Balaban J connectivity index is 1.74. The second-order valence-electron chi connectivity index (χ2n) is 6.08. The molecule has 1 fully saturated rings. The smallest absolute Gasteiger partial charge is 0.276 e. The van der Waals surface area contributed by atoms with E-state index >= 15 is 0 Å². The lowest BCUT2D eigenvalue weighted by molar-refractivity contribution is -0.126. The number of hydrogen-bond donors (Lipinski definition) is 2. The van der Waals surface area contributed by atoms with Crippen molar-refractivity contribution in [3.63, 3.8) is 0 Å². The van der Waals surface area contributed by atoms with Crippen molar-refractivity contribution < 1.29 is 17.6 Å². The van der Waals surface area contributed by atoms with Gasteiger partial charge in [0.05, 0.1) is 5.92 Å². The predicted octanol–water partition coefficient (Wildman–Crippen LogP) is 1.60. The number of piperidine rings is 1. The van der Waals surface area contributed by atoms with Gasteiger partial charge in [0.2, 0.25) is 11.0 Å². The maximum Gasteiger partial charge on any atom is 0.276 e. The van der Waals surface area contributed by atoms with Gasteiger partial charge < -0.3 is 9.73 Å². The Morgan fingerprint density at radius 2 is 2.28 bits per heavy atom. The molecule has 1 aliphatic rings. The van der Waals surface area contributed by atoms with Gasteiger partial charge in [-0.1, -0.05) is 6.92 Å². The molecule has 0 aliphatic carbocycles. The summed E-state index contributed by atoms with van der Waals surface area (Å²) in [5, 5.41) is 9.28. The SMILES string of the molecule is CCCNC(=O)C1CCCN(S(=O)(=O)c2ccc(-c3ccn[nH]3)o2)C1. The number of H-pyrrole nitrogens is 1. The van der Waals surface area contributed by atoms with Crippen molar-refractivity contribution in [1.29, 1.82) is 0 Å². The number of carbonyl (C=O) groups excluding carboxylic acids is 1. The lowest BCUT2D eigenvalue weighted by Crippen LogP contribution is -2.45. The molecule has 0 bridgehead atoms. The van der Waals surface area contributed by atoms with E-state index in [9.17, 15) is 13.2 Å². The summed E-state index contributed by atoms with van der Waals surface area (Å²) in [5.41, 5.74) is 0.608. The van der Waals surface area contributed by atoms with E-state index < -0.39 is 10.0 Å². The van der Waals surface area contributed by atoms with E-state index in [-0.39, 0.29) is 23.5 Å². The molecule has 0 spiro atoms. The lowest BCUT2D eigenvalue weighted by Gasteiger charge is -2.30. The van der Waals surface area contributed by atoms with Crippen molar-refractivity contribution in [2.75, 3.05) is 19.6 Å². The average Bonchev–Trinajstić information content (AvgIpc) is 3.30. The number of rotatable bonds is 6. The summed E-state index contributed by atoms with van der Waals surface area (Å²) in [7, 11) is -3.77. The average molecular weight is 366 g/mol. The van der Waals surface area contributed by atoms with E-state index in [1.807, 2.05) is 6.92 Å². The van der Waals surface area contributed by atoms with E-state index in [0.29, 0.717) is 37.4 Å². The van der Waals surface area contributed by atoms with Crippen LogP contribution >= 0.6 is 0 Å². The topological polar surface area (TPSA) is 108 Å². The summed E-state index contributed by atoms with van der Waals surface area (Å²) in [5.74, 6) is 0.00165. The van der Waals surface area contributed by atoms with Crippen molar-refractivity contribution in [2.24, 2.45) is 5.92 Å². The highest BCUT2D eigenvalue weighted by atomic mass is 32.2. The first-order valence-electron chi connectivity index (χ1n) is 8.40. The fourth-order valence-corrected chi connectivity index (χ4v) is 4.33. The Morgan fingerprint density at radius 1 is 1.44 bits per heavy atom. The Bertz CT molecular complexity index is 813. The van der Waals surface area contributed by atoms with Gasteiger partial charge in [-0.25, -0.2) is 8.42 Å². The van der Waals surface area contributed by atoms with Crippen LogP contribution in [0.25, 0.3) is 11.5 Å². The number of hydrogen-bond acceptors (Lipinski definition) is 5. The van der Waals surface area contributed by atoms with Crippen molar-refractivity contribution in [3.8, 4) is 11.5 Å². The summed E-state index contributed by atoms with van der Waals surface area (Å²) in [6.45, 7) is 3.15. The molecule has 25 heavy (non-hydrogen) atoms. The molecular formula is C16H22N4O4S. The molecule has 1 amide bonds. The molecule has 0 aromatic carbocycles. The van der Waals surface area contributed by atoms with Gasteiger partial charge in [-0.3, -0.25) is 9.89 Å². The highest BCUT2D eigenvalue weighted by Gasteiger charge is 2.35. The number of nitrogens with one attached hydrogen (secondary N) is 2. The van der Waals surface area contributed by atoms with E-state index in [1.54, 1.807) is 18.3 Å². The molecule has 136 valence electrons. The molecule has 1 aliphatic heterocycles. The molecule has 3 heterocycles. The van der Waals surface area contributed by atoms with Crippen LogP contribution in [0.1, 0.15) is 26.2 Å². The van der Waals surface area contributed by atoms with Gasteiger partial charge >= 0.3 is 0 Å². The standard InChI is InChI=1S/C16H22N4O4S/c1-2-8-17-16(21)12-4-3-10-20(11-12)25(22,23)15-6-5-14(24-15)13-7-9-18-19-13/h5-7,9,12H,2-4,8,10-11H2,1H3,(H,17,21)(H,18,19). The molecule has 2 aromatic heterocycles. The van der Waals surface area contributed by atoms with Crippen LogP contribution in [0.4, 0.5) is 0 Å². The quantitative estimate of drug-likeness (QED) is 0.807. The monoisotopic (exact) mass is 366 g/mol. The van der Waals surface area contributed by atoms with Crippen LogP contribution in [0.2, 0.25) is 0 Å². The zero-order chi connectivity index (χ0) is 17.9. The molecule has 2 aromatic rings.